The highest BCUT2D eigenvalue weighted by Gasteiger charge is 2.29. The number of carbonyl (C=O) groups excluding carboxylic acids is 1. The van der Waals surface area contributed by atoms with Crippen LogP contribution >= 0.6 is 10.7 Å². The summed E-state index contributed by atoms with van der Waals surface area (Å²) >= 11 is 0. The Hall–Kier alpha value is -1.08. The van der Waals surface area contributed by atoms with E-state index in [2.05, 4.69) is 15.5 Å². The van der Waals surface area contributed by atoms with E-state index in [1.54, 1.807) is 27.7 Å². The summed E-state index contributed by atoms with van der Waals surface area (Å²) in [7, 11) is 1.34. The van der Waals surface area contributed by atoms with Crippen molar-refractivity contribution in [1.82, 2.24) is 15.5 Å². The van der Waals surface area contributed by atoms with Crippen molar-refractivity contribution in [3.05, 3.63) is 11.4 Å². The van der Waals surface area contributed by atoms with Gasteiger partial charge in [0.25, 0.3) is 15.0 Å². The molecule has 0 fully saturated rings. The van der Waals surface area contributed by atoms with Crippen molar-refractivity contribution in [3.8, 4) is 0 Å². The lowest BCUT2D eigenvalue weighted by atomic mass is 10.1. The van der Waals surface area contributed by atoms with Gasteiger partial charge in [0.1, 0.15) is 4.90 Å². The van der Waals surface area contributed by atoms with Crippen molar-refractivity contribution in [2.75, 3.05) is 0 Å². The minimum Gasteiger partial charge on any atom is -0.348 e. The second-order valence-electron chi connectivity index (χ2n) is 4.54. The summed E-state index contributed by atoms with van der Waals surface area (Å²) < 4.78 is 23.1. The van der Waals surface area contributed by atoms with Crippen molar-refractivity contribution >= 4 is 25.6 Å². The molecule has 0 aliphatic carbocycles. The van der Waals surface area contributed by atoms with Gasteiger partial charge in [-0.3, -0.25) is 9.89 Å². The molecular formula is C10H16ClN3O3S. The fourth-order valence-corrected chi connectivity index (χ4v) is 2.85. The van der Waals surface area contributed by atoms with E-state index in [0.717, 1.165) is 0 Å². The minimum absolute atomic E-state index is 0.123. The Balaban J connectivity index is 3.34. The van der Waals surface area contributed by atoms with Crippen LogP contribution in [0.3, 0.4) is 0 Å². The molecule has 2 N–H and O–H groups in total. The monoisotopic (exact) mass is 293 g/mol. The topological polar surface area (TPSA) is 91.9 Å². The molecule has 6 nitrogen and oxygen atoms in total. The molecule has 1 rings (SSSR count). The molecule has 1 aromatic rings. The van der Waals surface area contributed by atoms with Crippen LogP contribution in [0.4, 0.5) is 0 Å². The second-order valence-corrected chi connectivity index (χ2v) is 7.04. The van der Waals surface area contributed by atoms with Crippen LogP contribution in [-0.4, -0.2) is 30.6 Å². The van der Waals surface area contributed by atoms with Gasteiger partial charge in [0, 0.05) is 16.7 Å². The molecule has 8 heteroatoms. The van der Waals surface area contributed by atoms with Gasteiger partial charge in [-0.2, -0.15) is 5.10 Å². The average molecular weight is 294 g/mol. The fraction of sp³-hybridized carbons (Fsp3) is 0.600. The predicted octanol–water partition coefficient (Wildman–Crippen LogP) is 1.60. The number of nitrogens with zero attached hydrogens (tertiary/aromatic N) is 1. The third kappa shape index (κ3) is 3.23. The molecule has 0 aliphatic rings. The van der Waals surface area contributed by atoms with Crippen molar-refractivity contribution in [2.24, 2.45) is 0 Å². The van der Waals surface area contributed by atoms with Crippen LogP contribution in [0.2, 0.25) is 0 Å². The van der Waals surface area contributed by atoms with Crippen LogP contribution in [0.5, 0.6) is 0 Å². The molecular weight excluding hydrogens is 278 g/mol. The zero-order chi connectivity index (χ0) is 14.1. The van der Waals surface area contributed by atoms with Crippen molar-refractivity contribution in [2.45, 2.75) is 44.6 Å². The smallest absolute Gasteiger partial charge is 0.273 e. The lowest BCUT2D eigenvalue weighted by Crippen LogP contribution is -2.31. The molecule has 0 spiro atoms. The summed E-state index contributed by atoms with van der Waals surface area (Å²) in [6.07, 6.45) is 0. The summed E-state index contributed by atoms with van der Waals surface area (Å²) in [6.45, 7) is 7.10. The maximum Gasteiger partial charge on any atom is 0.273 e. The molecule has 102 valence electrons. The molecule has 0 unspecified atom stereocenters. The van der Waals surface area contributed by atoms with E-state index < -0.39 is 15.0 Å². The number of halogens is 1. The van der Waals surface area contributed by atoms with Gasteiger partial charge in [0.2, 0.25) is 0 Å². The number of aromatic amines is 1. The molecule has 0 aliphatic heterocycles. The lowest BCUT2D eigenvalue weighted by molar-refractivity contribution is 0.0934. The van der Waals surface area contributed by atoms with E-state index >= 15 is 0 Å². The molecule has 0 atom stereocenters. The molecule has 1 amide bonds. The number of nitrogens with one attached hydrogen (secondary N) is 2. The van der Waals surface area contributed by atoms with E-state index in [9.17, 15) is 13.2 Å². The van der Waals surface area contributed by atoms with E-state index in [0.29, 0.717) is 5.69 Å². The van der Waals surface area contributed by atoms with Crippen molar-refractivity contribution < 1.29 is 13.2 Å². The normalized spacial score (nSPS) is 12.2. The van der Waals surface area contributed by atoms with Gasteiger partial charge in [-0.15, -0.1) is 0 Å². The van der Waals surface area contributed by atoms with E-state index in [1.807, 2.05) is 0 Å². The zero-order valence-corrected chi connectivity index (χ0v) is 12.2. The number of amides is 1. The summed E-state index contributed by atoms with van der Waals surface area (Å²) in [6, 6.07) is -0.123. The Labute approximate surface area is 111 Å². The first-order valence-corrected chi connectivity index (χ1v) is 7.79. The number of H-pyrrole nitrogens is 1. The highest BCUT2D eigenvalue weighted by Crippen LogP contribution is 2.27. The maximum atomic E-state index is 11.8. The maximum absolute atomic E-state index is 11.8. The Bertz CT molecular complexity index is 549. The first-order chi connectivity index (χ1) is 8.14. The number of hydrogen-bond acceptors (Lipinski definition) is 4. The standard InChI is InChI=1S/C10H16ClN3O3S/c1-5(2)7-9(18(11,16)17)8(14-13-7)10(15)12-6(3)4/h5-6H,1-4H3,(H,12,15)(H,13,14). The molecule has 1 heterocycles. The SMILES string of the molecule is CC(C)NC(=O)c1n[nH]c(C(C)C)c1S(=O)(=O)Cl. The van der Waals surface area contributed by atoms with Crippen LogP contribution in [-0.2, 0) is 9.05 Å². The van der Waals surface area contributed by atoms with Gasteiger partial charge in [-0.25, -0.2) is 8.42 Å². The van der Waals surface area contributed by atoms with E-state index in [-0.39, 0.29) is 22.5 Å². The van der Waals surface area contributed by atoms with Gasteiger partial charge in [-0.1, -0.05) is 13.8 Å². The van der Waals surface area contributed by atoms with Crippen LogP contribution in [0, 0.1) is 0 Å². The third-order valence-electron chi connectivity index (χ3n) is 2.20. The van der Waals surface area contributed by atoms with Gasteiger partial charge >= 0.3 is 0 Å². The van der Waals surface area contributed by atoms with Crippen molar-refractivity contribution in [1.29, 1.82) is 0 Å². The van der Waals surface area contributed by atoms with Gasteiger partial charge in [0.15, 0.2) is 5.69 Å². The number of hydrogen-bond donors (Lipinski definition) is 2. The Morgan fingerprint density at radius 3 is 2.28 bits per heavy atom. The summed E-state index contributed by atoms with van der Waals surface area (Å²) in [5, 5.41) is 8.90. The molecule has 0 aromatic carbocycles. The largest absolute Gasteiger partial charge is 0.348 e. The van der Waals surface area contributed by atoms with Gasteiger partial charge in [-0.05, 0) is 19.8 Å². The third-order valence-corrected chi connectivity index (χ3v) is 3.57. The number of aromatic nitrogens is 2. The van der Waals surface area contributed by atoms with Crippen LogP contribution < -0.4 is 5.32 Å². The quantitative estimate of drug-likeness (QED) is 0.825. The van der Waals surface area contributed by atoms with Crippen LogP contribution in [0.1, 0.15) is 49.8 Å². The Morgan fingerprint density at radius 2 is 1.89 bits per heavy atom. The minimum atomic E-state index is -4.03. The van der Waals surface area contributed by atoms with E-state index in [4.69, 9.17) is 10.7 Å². The summed E-state index contributed by atoms with van der Waals surface area (Å²) in [5.41, 5.74) is 0.140. The highest BCUT2D eigenvalue weighted by atomic mass is 35.7. The molecule has 0 saturated carbocycles. The average Bonchev–Trinajstić information content (AvgIpc) is 2.59. The Morgan fingerprint density at radius 1 is 1.33 bits per heavy atom. The number of carbonyl (C=O) groups is 1. The first-order valence-electron chi connectivity index (χ1n) is 5.48. The number of rotatable bonds is 4. The molecule has 0 radical (unpaired) electrons. The van der Waals surface area contributed by atoms with Gasteiger partial charge in [0.05, 0.1) is 5.69 Å². The molecule has 1 aromatic heterocycles. The lowest BCUT2D eigenvalue weighted by Gasteiger charge is -2.08. The molecule has 0 saturated heterocycles. The summed E-state index contributed by atoms with van der Waals surface area (Å²) in [4.78, 5) is 11.6. The van der Waals surface area contributed by atoms with Crippen molar-refractivity contribution in [3.63, 3.8) is 0 Å². The van der Waals surface area contributed by atoms with Crippen LogP contribution in [0.25, 0.3) is 0 Å². The second kappa shape index (κ2) is 5.27. The van der Waals surface area contributed by atoms with E-state index in [1.165, 1.54) is 0 Å². The first kappa shape index (κ1) is 15.0. The Kier molecular flexibility index (Phi) is 4.39. The zero-order valence-electron chi connectivity index (χ0n) is 10.6. The molecule has 18 heavy (non-hydrogen) atoms. The summed E-state index contributed by atoms with van der Waals surface area (Å²) in [5.74, 6) is -0.700. The highest BCUT2D eigenvalue weighted by molar-refractivity contribution is 8.13. The fourth-order valence-electron chi connectivity index (χ4n) is 1.47. The van der Waals surface area contributed by atoms with Gasteiger partial charge < -0.3 is 5.32 Å². The van der Waals surface area contributed by atoms with Crippen LogP contribution in [0.15, 0.2) is 4.90 Å². The predicted molar refractivity (Wildman–Crippen MR) is 68.3 cm³/mol. The molecule has 0 bridgehead atoms.